The molecular weight excluding hydrogens is 367 g/mol. The van der Waals surface area contributed by atoms with Gasteiger partial charge in [0.15, 0.2) is 5.96 Å². The highest BCUT2D eigenvalue weighted by Crippen LogP contribution is 2.15. The van der Waals surface area contributed by atoms with Crippen LogP contribution in [-0.4, -0.2) is 29.9 Å². The fourth-order valence-corrected chi connectivity index (χ4v) is 3.43. The van der Waals surface area contributed by atoms with Crippen LogP contribution in [0.5, 0.6) is 0 Å². The Bertz CT molecular complexity index is 881. The molecule has 0 aliphatic carbocycles. The molecule has 6 heteroatoms. The minimum absolute atomic E-state index is 0.190. The maximum Gasteiger partial charge on any atom is 0.222 e. The van der Waals surface area contributed by atoms with E-state index in [4.69, 9.17) is 0 Å². The second kappa shape index (κ2) is 10.0. The fraction of sp³-hybridized carbons (Fsp3) is 0.391. The molecule has 1 heterocycles. The second-order valence-electron chi connectivity index (χ2n) is 7.37. The van der Waals surface area contributed by atoms with Gasteiger partial charge in [-0.2, -0.15) is 0 Å². The molecule has 0 atom stereocenters. The van der Waals surface area contributed by atoms with Crippen LogP contribution in [0.3, 0.4) is 0 Å². The van der Waals surface area contributed by atoms with Gasteiger partial charge in [0.1, 0.15) is 5.82 Å². The average molecular weight is 397 g/mol. The van der Waals surface area contributed by atoms with E-state index in [0.717, 1.165) is 42.2 Å². The van der Waals surface area contributed by atoms with Gasteiger partial charge in [-0.25, -0.2) is 9.38 Å². The van der Waals surface area contributed by atoms with E-state index in [0.29, 0.717) is 31.6 Å². The molecule has 0 saturated carbocycles. The molecule has 3 rings (SSSR count). The Balaban J connectivity index is 1.61. The number of carbonyl (C=O) groups is 1. The van der Waals surface area contributed by atoms with Crippen molar-refractivity contribution in [3.8, 4) is 0 Å². The van der Waals surface area contributed by atoms with Crippen molar-refractivity contribution < 1.29 is 9.18 Å². The number of carbonyl (C=O) groups excluding carboxylic acids is 1. The summed E-state index contributed by atoms with van der Waals surface area (Å²) >= 11 is 0. The van der Waals surface area contributed by atoms with Crippen molar-refractivity contribution in [2.75, 3.05) is 13.1 Å². The van der Waals surface area contributed by atoms with Crippen molar-refractivity contribution in [2.24, 2.45) is 4.99 Å². The van der Waals surface area contributed by atoms with E-state index >= 15 is 0 Å². The lowest BCUT2D eigenvalue weighted by Crippen LogP contribution is -2.36. The number of aryl methyl sites for hydroxylation is 1. The number of halogens is 1. The minimum atomic E-state index is -0.190. The standard InChI is InChI=1S/C23H29FN4O/c1-3-25-23(27-15-19-9-10-21(24)17(2)12-19)26-14-18-6-4-7-20(13-18)16-28-11-5-8-22(28)29/h4,6-7,9-10,12-13H,3,5,8,11,14-16H2,1-2H3,(H2,25,26,27). The van der Waals surface area contributed by atoms with Crippen molar-refractivity contribution in [3.05, 3.63) is 70.5 Å². The third kappa shape index (κ3) is 6.04. The number of likely N-dealkylation sites (tertiary alicyclic amines) is 1. The lowest BCUT2D eigenvalue weighted by atomic mass is 10.1. The summed E-state index contributed by atoms with van der Waals surface area (Å²) in [5, 5.41) is 6.54. The van der Waals surface area contributed by atoms with E-state index < -0.39 is 0 Å². The molecule has 5 nitrogen and oxygen atoms in total. The first-order valence-electron chi connectivity index (χ1n) is 10.2. The van der Waals surface area contributed by atoms with Crippen LogP contribution in [-0.2, 0) is 24.4 Å². The normalized spacial score (nSPS) is 14.4. The summed E-state index contributed by atoms with van der Waals surface area (Å²) in [6.07, 6.45) is 1.61. The van der Waals surface area contributed by atoms with Gasteiger partial charge in [-0.1, -0.05) is 36.4 Å². The van der Waals surface area contributed by atoms with Gasteiger partial charge in [-0.15, -0.1) is 0 Å². The highest BCUT2D eigenvalue weighted by Gasteiger charge is 2.19. The molecule has 2 aromatic carbocycles. The molecule has 1 fully saturated rings. The van der Waals surface area contributed by atoms with Gasteiger partial charge in [-0.05, 0) is 48.6 Å². The highest BCUT2D eigenvalue weighted by molar-refractivity contribution is 5.79. The number of hydrogen-bond donors (Lipinski definition) is 2. The van der Waals surface area contributed by atoms with Crippen molar-refractivity contribution in [2.45, 2.75) is 46.3 Å². The summed E-state index contributed by atoms with van der Waals surface area (Å²) in [5.74, 6) is 0.766. The van der Waals surface area contributed by atoms with E-state index in [2.05, 4.69) is 27.8 Å². The molecule has 0 spiro atoms. The van der Waals surface area contributed by atoms with Crippen LogP contribution in [0.25, 0.3) is 0 Å². The first-order valence-corrected chi connectivity index (χ1v) is 10.2. The largest absolute Gasteiger partial charge is 0.357 e. The number of guanidine groups is 1. The predicted octanol–water partition coefficient (Wildman–Crippen LogP) is 3.51. The Hall–Kier alpha value is -2.89. The molecule has 0 bridgehead atoms. The zero-order valence-electron chi connectivity index (χ0n) is 17.2. The van der Waals surface area contributed by atoms with Crippen LogP contribution in [0.4, 0.5) is 4.39 Å². The molecule has 2 N–H and O–H groups in total. The number of benzene rings is 2. The number of rotatable bonds is 7. The molecule has 0 unspecified atom stereocenters. The first kappa shape index (κ1) is 20.8. The summed E-state index contributed by atoms with van der Waals surface area (Å²) in [6, 6.07) is 13.3. The molecule has 154 valence electrons. The van der Waals surface area contributed by atoms with Gasteiger partial charge >= 0.3 is 0 Å². The molecule has 1 amide bonds. The number of nitrogens with one attached hydrogen (secondary N) is 2. The van der Waals surface area contributed by atoms with Gasteiger partial charge in [0.25, 0.3) is 0 Å². The van der Waals surface area contributed by atoms with Crippen LogP contribution >= 0.6 is 0 Å². The van der Waals surface area contributed by atoms with Gasteiger partial charge in [0, 0.05) is 32.6 Å². The zero-order chi connectivity index (χ0) is 20.6. The summed E-state index contributed by atoms with van der Waals surface area (Å²) in [7, 11) is 0. The average Bonchev–Trinajstić information content (AvgIpc) is 3.11. The van der Waals surface area contributed by atoms with E-state index in [1.54, 1.807) is 13.0 Å². The number of nitrogens with zero attached hydrogens (tertiary/aromatic N) is 2. The molecule has 1 aliphatic heterocycles. The van der Waals surface area contributed by atoms with Crippen LogP contribution in [0.15, 0.2) is 47.5 Å². The van der Waals surface area contributed by atoms with Crippen molar-refractivity contribution in [1.82, 2.24) is 15.5 Å². The number of aliphatic imine (C=N–C) groups is 1. The predicted molar refractivity (Wildman–Crippen MR) is 114 cm³/mol. The van der Waals surface area contributed by atoms with Crippen molar-refractivity contribution >= 4 is 11.9 Å². The summed E-state index contributed by atoms with van der Waals surface area (Å²) in [5.41, 5.74) is 3.88. The zero-order valence-corrected chi connectivity index (χ0v) is 17.2. The third-order valence-corrected chi connectivity index (χ3v) is 4.98. The van der Waals surface area contributed by atoms with Crippen molar-refractivity contribution in [1.29, 1.82) is 0 Å². The molecule has 1 aliphatic rings. The summed E-state index contributed by atoms with van der Waals surface area (Å²) in [4.78, 5) is 18.4. The molecule has 0 radical (unpaired) electrons. The van der Waals surface area contributed by atoms with Crippen LogP contribution in [0, 0.1) is 12.7 Å². The number of hydrogen-bond acceptors (Lipinski definition) is 2. The molecule has 2 aromatic rings. The van der Waals surface area contributed by atoms with Crippen LogP contribution < -0.4 is 10.6 Å². The Labute approximate surface area is 172 Å². The maximum atomic E-state index is 13.4. The van der Waals surface area contributed by atoms with E-state index in [1.165, 1.54) is 6.07 Å². The van der Waals surface area contributed by atoms with E-state index in [1.807, 2.05) is 30.0 Å². The minimum Gasteiger partial charge on any atom is -0.357 e. The maximum absolute atomic E-state index is 13.4. The van der Waals surface area contributed by atoms with Crippen LogP contribution in [0.1, 0.15) is 42.0 Å². The fourth-order valence-electron chi connectivity index (χ4n) is 3.43. The van der Waals surface area contributed by atoms with Crippen molar-refractivity contribution in [3.63, 3.8) is 0 Å². The Morgan fingerprint density at radius 2 is 1.97 bits per heavy atom. The Morgan fingerprint density at radius 3 is 2.69 bits per heavy atom. The Kier molecular flexibility index (Phi) is 7.22. The number of amides is 1. The SMILES string of the molecule is CCNC(=NCc1cccc(CN2CCCC2=O)c1)NCc1ccc(F)c(C)c1. The second-order valence-corrected chi connectivity index (χ2v) is 7.37. The third-order valence-electron chi connectivity index (χ3n) is 4.98. The molecular formula is C23H29FN4O. The van der Waals surface area contributed by atoms with E-state index in [9.17, 15) is 9.18 Å². The molecule has 1 saturated heterocycles. The van der Waals surface area contributed by atoms with Gasteiger partial charge in [0.05, 0.1) is 6.54 Å². The Morgan fingerprint density at radius 1 is 1.14 bits per heavy atom. The lowest BCUT2D eigenvalue weighted by molar-refractivity contribution is -0.128. The molecule has 29 heavy (non-hydrogen) atoms. The highest BCUT2D eigenvalue weighted by atomic mass is 19.1. The summed E-state index contributed by atoms with van der Waals surface area (Å²) in [6.45, 7) is 7.17. The van der Waals surface area contributed by atoms with E-state index in [-0.39, 0.29) is 11.7 Å². The summed E-state index contributed by atoms with van der Waals surface area (Å²) < 4.78 is 13.4. The van der Waals surface area contributed by atoms with Gasteiger partial charge < -0.3 is 15.5 Å². The topological polar surface area (TPSA) is 56.7 Å². The molecule has 0 aromatic heterocycles. The monoisotopic (exact) mass is 396 g/mol. The van der Waals surface area contributed by atoms with Crippen LogP contribution in [0.2, 0.25) is 0 Å². The quantitative estimate of drug-likeness (QED) is 0.556. The lowest BCUT2D eigenvalue weighted by Gasteiger charge is -2.16. The first-order chi connectivity index (χ1) is 14.0. The van der Waals surface area contributed by atoms with Gasteiger partial charge in [0.2, 0.25) is 5.91 Å². The smallest absolute Gasteiger partial charge is 0.222 e. The van der Waals surface area contributed by atoms with Gasteiger partial charge in [-0.3, -0.25) is 4.79 Å².